The molecule has 2 fully saturated rings. The number of ether oxygens (including phenoxy) is 1. The normalized spacial score (nSPS) is 24.0. The fourth-order valence-electron chi connectivity index (χ4n) is 3.60. The third kappa shape index (κ3) is 3.45. The average molecular weight is 350 g/mol. The number of hydrogen-bond acceptors (Lipinski definition) is 5. The van der Waals surface area contributed by atoms with Gasteiger partial charge in [0.15, 0.2) is 0 Å². The molecule has 0 unspecified atom stereocenters. The van der Waals surface area contributed by atoms with Crippen LogP contribution in [0.25, 0.3) is 0 Å². The van der Waals surface area contributed by atoms with E-state index in [1.54, 1.807) is 11.4 Å². The summed E-state index contributed by atoms with van der Waals surface area (Å²) in [6.07, 6.45) is 4.91. The molecular formula is C17H22N2O4S. The number of rotatable bonds is 4. The minimum absolute atomic E-state index is 0.0474. The Kier molecular flexibility index (Phi) is 5.18. The summed E-state index contributed by atoms with van der Waals surface area (Å²) in [6, 6.07) is 1.94. The highest BCUT2D eigenvalue weighted by Gasteiger charge is 2.33. The van der Waals surface area contributed by atoms with E-state index >= 15 is 0 Å². The molecule has 1 aliphatic carbocycles. The summed E-state index contributed by atoms with van der Waals surface area (Å²) in [5, 5.41) is 5.17. The molecule has 130 valence electrons. The number of likely N-dealkylation sites (tertiary alicyclic amines) is 1. The molecule has 3 rings (SSSR count). The summed E-state index contributed by atoms with van der Waals surface area (Å²) in [5.74, 6) is -0.299. The van der Waals surface area contributed by atoms with Crippen molar-refractivity contribution in [1.82, 2.24) is 4.90 Å². The van der Waals surface area contributed by atoms with Gasteiger partial charge in [0.05, 0.1) is 12.7 Å². The van der Waals surface area contributed by atoms with Gasteiger partial charge in [-0.25, -0.2) is 4.79 Å². The van der Waals surface area contributed by atoms with Crippen LogP contribution < -0.4 is 5.32 Å². The van der Waals surface area contributed by atoms with Gasteiger partial charge < -0.3 is 15.0 Å². The lowest BCUT2D eigenvalue weighted by molar-refractivity contribution is -0.130. The SMILES string of the molecule is COC(=O)c1ccsc1NC(=O)C1CCC(N2CCCC2=O)CC1. The molecule has 7 heteroatoms. The van der Waals surface area contributed by atoms with Crippen LogP contribution in [0.1, 0.15) is 48.9 Å². The minimum atomic E-state index is -0.442. The van der Waals surface area contributed by atoms with Gasteiger partial charge in [0.25, 0.3) is 0 Å². The van der Waals surface area contributed by atoms with E-state index < -0.39 is 5.97 Å². The molecule has 0 bridgehead atoms. The first-order valence-corrected chi connectivity index (χ1v) is 9.24. The smallest absolute Gasteiger partial charge is 0.340 e. The number of hydrogen-bond donors (Lipinski definition) is 1. The second-order valence-electron chi connectivity index (χ2n) is 6.34. The molecule has 0 aromatic carbocycles. The Balaban J connectivity index is 1.55. The Morgan fingerprint density at radius 1 is 1.29 bits per heavy atom. The molecule has 1 saturated carbocycles. The number of nitrogens with zero attached hydrogens (tertiary/aromatic N) is 1. The van der Waals surface area contributed by atoms with Gasteiger partial charge >= 0.3 is 5.97 Å². The van der Waals surface area contributed by atoms with Crippen molar-refractivity contribution >= 4 is 34.1 Å². The Hall–Kier alpha value is -1.89. The molecule has 1 saturated heterocycles. The molecule has 2 amide bonds. The van der Waals surface area contributed by atoms with Gasteiger partial charge in [0.1, 0.15) is 5.00 Å². The van der Waals surface area contributed by atoms with Crippen molar-refractivity contribution in [2.75, 3.05) is 19.0 Å². The first-order valence-electron chi connectivity index (χ1n) is 8.36. The standard InChI is InChI=1S/C17H22N2O4S/c1-23-17(22)13-8-10-24-16(13)18-15(21)11-4-6-12(7-5-11)19-9-2-3-14(19)20/h8,10-12H,2-7,9H2,1H3,(H,18,21). The topological polar surface area (TPSA) is 75.7 Å². The Morgan fingerprint density at radius 3 is 2.67 bits per heavy atom. The predicted molar refractivity (Wildman–Crippen MR) is 91.0 cm³/mol. The molecule has 0 radical (unpaired) electrons. The van der Waals surface area contributed by atoms with Crippen LogP contribution in [0.15, 0.2) is 11.4 Å². The Morgan fingerprint density at radius 2 is 2.04 bits per heavy atom. The van der Waals surface area contributed by atoms with Gasteiger partial charge in [0, 0.05) is 24.9 Å². The highest BCUT2D eigenvalue weighted by atomic mass is 32.1. The number of carbonyl (C=O) groups excluding carboxylic acids is 3. The summed E-state index contributed by atoms with van der Waals surface area (Å²) in [7, 11) is 1.33. The molecule has 1 N–H and O–H groups in total. The lowest BCUT2D eigenvalue weighted by Gasteiger charge is -2.34. The maximum atomic E-state index is 12.5. The van der Waals surface area contributed by atoms with E-state index in [0.29, 0.717) is 17.0 Å². The lowest BCUT2D eigenvalue weighted by atomic mass is 9.85. The third-order valence-corrected chi connectivity index (χ3v) is 5.76. The van der Waals surface area contributed by atoms with E-state index in [4.69, 9.17) is 4.74 Å². The van der Waals surface area contributed by atoms with Crippen LogP contribution in [-0.2, 0) is 14.3 Å². The second-order valence-corrected chi connectivity index (χ2v) is 7.26. The largest absolute Gasteiger partial charge is 0.465 e. The first-order chi connectivity index (χ1) is 11.6. The number of amides is 2. The third-order valence-electron chi connectivity index (χ3n) is 4.93. The molecular weight excluding hydrogens is 328 g/mol. The van der Waals surface area contributed by atoms with E-state index in [2.05, 4.69) is 5.32 Å². The Labute approximate surface area is 145 Å². The fraction of sp³-hybridized carbons (Fsp3) is 0.588. The molecule has 24 heavy (non-hydrogen) atoms. The van der Waals surface area contributed by atoms with Gasteiger partial charge in [-0.05, 0) is 43.6 Å². The van der Waals surface area contributed by atoms with Gasteiger partial charge in [-0.3, -0.25) is 9.59 Å². The van der Waals surface area contributed by atoms with Crippen molar-refractivity contribution in [3.63, 3.8) is 0 Å². The maximum Gasteiger partial charge on any atom is 0.340 e. The van der Waals surface area contributed by atoms with E-state index in [-0.39, 0.29) is 23.8 Å². The highest BCUT2D eigenvalue weighted by Crippen LogP contribution is 2.32. The number of nitrogens with one attached hydrogen (secondary N) is 1. The van der Waals surface area contributed by atoms with E-state index in [1.807, 2.05) is 4.90 Å². The Bertz CT molecular complexity index is 634. The number of thiophene rings is 1. The molecule has 6 nitrogen and oxygen atoms in total. The highest BCUT2D eigenvalue weighted by molar-refractivity contribution is 7.14. The summed E-state index contributed by atoms with van der Waals surface area (Å²) >= 11 is 1.32. The van der Waals surface area contributed by atoms with Crippen LogP contribution in [-0.4, -0.2) is 42.4 Å². The van der Waals surface area contributed by atoms with Crippen LogP contribution in [0.3, 0.4) is 0 Å². The van der Waals surface area contributed by atoms with Gasteiger partial charge in [-0.15, -0.1) is 11.3 Å². The van der Waals surface area contributed by atoms with Crippen molar-refractivity contribution in [1.29, 1.82) is 0 Å². The van der Waals surface area contributed by atoms with Gasteiger partial charge in [-0.2, -0.15) is 0 Å². The average Bonchev–Trinajstić information content (AvgIpc) is 3.23. The summed E-state index contributed by atoms with van der Waals surface area (Å²) < 4.78 is 4.72. The van der Waals surface area contributed by atoms with Crippen molar-refractivity contribution < 1.29 is 19.1 Å². The first kappa shape index (κ1) is 17.0. The number of carbonyl (C=O) groups is 3. The van der Waals surface area contributed by atoms with E-state index in [1.165, 1.54) is 18.4 Å². The number of anilines is 1. The zero-order valence-electron chi connectivity index (χ0n) is 13.7. The lowest BCUT2D eigenvalue weighted by Crippen LogP contribution is -2.40. The number of methoxy groups -OCH3 is 1. The summed E-state index contributed by atoms with van der Waals surface area (Å²) in [6.45, 7) is 0.859. The molecule has 1 aliphatic heterocycles. The zero-order valence-corrected chi connectivity index (χ0v) is 14.6. The van der Waals surface area contributed by atoms with E-state index in [9.17, 15) is 14.4 Å². The quantitative estimate of drug-likeness (QED) is 0.847. The van der Waals surface area contributed by atoms with Crippen molar-refractivity contribution in [3.05, 3.63) is 17.0 Å². The zero-order chi connectivity index (χ0) is 17.1. The monoisotopic (exact) mass is 350 g/mol. The van der Waals surface area contributed by atoms with Crippen LogP contribution in [0, 0.1) is 5.92 Å². The van der Waals surface area contributed by atoms with Crippen LogP contribution in [0.2, 0.25) is 0 Å². The summed E-state index contributed by atoms with van der Waals surface area (Å²) in [5.41, 5.74) is 0.396. The fourth-order valence-corrected chi connectivity index (χ4v) is 4.37. The predicted octanol–water partition coefficient (Wildman–Crippen LogP) is 2.65. The molecule has 1 aromatic rings. The second kappa shape index (κ2) is 7.34. The van der Waals surface area contributed by atoms with Crippen LogP contribution in [0.4, 0.5) is 5.00 Å². The van der Waals surface area contributed by atoms with Gasteiger partial charge in [0.2, 0.25) is 11.8 Å². The number of esters is 1. The van der Waals surface area contributed by atoms with Crippen LogP contribution >= 0.6 is 11.3 Å². The van der Waals surface area contributed by atoms with Crippen molar-refractivity contribution in [2.45, 2.75) is 44.6 Å². The van der Waals surface area contributed by atoms with E-state index in [0.717, 1.165) is 38.6 Å². The van der Waals surface area contributed by atoms with Crippen molar-refractivity contribution in [3.8, 4) is 0 Å². The molecule has 0 spiro atoms. The van der Waals surface area contributed by atoms with Crippen molar-refractivity contribution in [2.24, 2.45) is 5.92 Å². The van der Waals surface area contributed by atoms with Crippen LogP contribution in [0.5, 0.6) is 0 Å². The minimum Gasteiger partial charge on any atom is -0.465 e. The summed E-state index contributed by atoms with van der Waals surface area (Å²) in [4.78, 5) is 38.0. The molecule has 1 aromatic heterocycles. The molecule has 2 aliphatic rings. The maximum absolute atomic E-state index is 12.5. The van der Waals surface area contributed by atoms with Gasteiger partial charge in [-0.1, -0.05) is 0 Å². The molecule has 2 heterocycles. The molecule has 0 atom stereocenters.